The number of rotatable bonds is 1. The summed E-state index contributed by atoms with van der Waals surface area (Å²) in [5.74, 6) is 0.213. The Morgan fingerprint density at radius 3 is 1.83 bits per heavy atom. The van der Waals surface area contributed by atoms with E-state index in [0.29, 0.717) is 0 Å². The molecule has 0 aliphatic rings. The maximum absolute atomic E-state index is 10.1. The summed E-state index contributed by atoms with van der Waals surface area (Å²) in [6.45, 7) is 3.78. The Morgan fingerprint density at radius 1 is 1.67 bits per heavy atom. The van der Waals surface area contributed by atoms with E-state index < -0.39 is 0 Å². The van der Waals surface area contributed by atoms with Gasteiger partial charge in [0.1, 0.15) is 0 Å². The second-order valence-corrected chi connectivity index (χ2v) is 1.77. The minimum absolute atomic E-state index is 0.213. The quantitative estimate of drug-likeness (QED) is 0.402. The van der Waals surface area contributed by atoms with Crippen LogP contribution in [0.2, 0.25) is 0 Å². The Labute approximate surface area is 39.1 Å². The summed E-state index contributed by atoms with van der Waals surface area (Å²) in [4.78, 5) is 10.1. The Hall–Kier alpha value is -0.265. The Kier molecular flexibility index (Phi) is 1.92. The lowest BCUT2D eigenvalue weighted by atomic mass is 9.92. The van der Waals surface area contributed by atoms with Crippen molar-refractivity contribution in [2.75, 3.05) is 0 Å². The standard InChI is InChI=1S/C4H9BO/c1-3(2)4(5)6/h3H,5H2,1-2H3. The molecule has 0 atom stereocenters. The highest BCUT2D eigenvalue weighted by molar-refractivity contribution is 6.58. The van der Waals surface area contributed by atoms with Crippen LogP contribution in [-0.4, -0.2) is 13.5 Å². The van der Waals surface area contributed by atoms with Gasteiger partial charge in [0, 0.05) is 5.92 Å². The van der Waals surface area contributed by atoms with Crippen molar-refractivity contribution in [1.29, 1.82) is 0 Å². The van der Waals surface area contributed by atoms with Crippen LogP contribution in [0.15, 0.2) is 0 Å². The van der Waals surface area contributed by atoms with Crippen LogP contribution >= 0.6 is 0 Å². The fraction of sp³-hybridized carbons (Fsp3) is 0.750. The molecule has 34 valence electrons. The van der Waals surface area contributed by atoms with Gasteiger partial charge in [0.05, 0.1) is 5.68 Å². The zero-order valence-corrected chi connectivity index (χ0v) is 4.49. The van der Waals surface area contributed by atoms with Gasteiger partial charge < -0.3 is 4.79 Å². The summed E-state index contributed by atoms with van der Waals surface area (Å²) in [6, 6.07) is 0. The van der Waals surface area contributed by atoms with E-state index in [1.807, 2.05) is 13.8 Å². The van der Waals surface area contributed by atoms with Crippen LogP contribution in [0.25, 0.3) is 0 Å². The van der Waals surface area contributed by atoms with Crippen molar-refractivity contribution in [2.24, 2.45) is 5.92 Å². The summed E-state index contributed by atoms with van der Waals surface area (Å²) in [6.07, 6.45) is 0. The van der Waals surface area contributed by atoms with Crippen molar-refractivity contribution in [3.8, 4) is 0 Å². The van der Waals surface area contributed by atoms with Gasteiger partial charge >= 0.3 is 0 Å². The molecular formula is C4H9BO. The number of hydrogen-bond donors (Lipinski definition) is 0. The van der Waals surface area contributed by atoms with E-state index in [2.05, 4.69) is 0 Å². The van der Waals surface area contributed by atoms with Crippen LogP contribution in [0, 0.1) is 5.92 Å². The first-order valence-electron chi connectivity index (χ1n) is 2.15. The zero-order valence-electron chi connectivity index (χ0n) is 4.49. The van der Waals surface area contributed by atoms with Gasteiger partial charge in [-0.3, -0.25) is 0 Å². The van der Waals surface area contributed by atoms with Crippen molar-refractivity contribution < 1.29 is 4.79 Å². The molecule has 0 saturated carbocycles. The summed E-state index contributed by atoms with van der Waals surface area (Å²) in [5, 5.41) is 0. The minimum Gasteiger partial charge on any atom is -0.312 e. The van der Waals surface area contributed by atoms with E-state index >= 15 is 0 Å². The molecule has 0 aliphatic carbocycles. The highest BCUT2D eigenvalue weighted by Crippen LogP contribution is 1.86. The van der Waals surface area contributed by atoms with E-state index in [1.165, 1.54) is 0 Å². The second kappa shape index (κ2) is 2.01. The van der Waals surface area contributed by atoms with E-state index in [4.69, 9.17) is 0 Å². The normalized spacial score (nSPS) is 9.17. The first-order valence-corrected chi connectivity index (χ1v) is 2.15. The molecule has 0 aromatic rings. The fourth-order valence-electron chi connectivity index (χ4n) is 0. The van der Waals surface area contributed by atoms with E-state index in [1.54, 1.807) is 7.85 Å². The SMILES string of the molecule is BC(=O)C(C)C. The smallest absolute Gasteiger partial charge is 0.187 e. The summed E-state index contributed by atoms with van der Waals surface area (Å²) in [7, 11) is 1.60. The Bertz CT molecular complexity index is 58.6. The van der Waals surface area contributed by atoms with Crippen molar-refractivity contribution in [3.05, 3.63) is 0 Å². The van der Waals surface area contributed by atoms with Crippen molar-refractivity contribution in [3.63, 3.8) is 0 Å². The van der Waals surface area contributed by atoms with Crippen molar-refractivity contribution >= 4 is 13.5 Å². The van der Waals surface area contributed by atoms with Gasteiger partial charge in [-0.15, -0.1) is 0 Å². The van der Waals surface area contributed by atoms with Gasteiger partial charge in [-0.2, -0.15) is 0 Å². The van der Waals surface area contributed by atoms with Crippen LogP contribution in [0.3, 0.4) is 0 Å². The molecular weight excluding hydrogens is 74.9 g/mol. The van der Waals surface area contributed by atoms with Crippen LogP contribution in [0.5, 0.6) is 0 Å². The van der Waals surface area contributed by atoms with Crippen LogP contribution in [0.1, 0.15) is 13.8 Å². The lowest BCUT2D eigenvalue weighted by molar-refractivity contribution is -0.114. The molecule has 0 fully saturated rings. The van der Waals surface area contributed by atoms with Gasteiger partial charge in [0.2, 0.25) is 0 Å². The first kappa shape index (κ1) is 5.73. The van der Waals surface area contributed by atoms with Gasteiger partial charge in [0.15, 0.2) is 7.85 Å². The van der Waals surface area contributed by atoms with Gasteiger partial charge in [-0.1, -0.05) is 13.8 Å². The fourth-order valence-corrected chi connectivity index (χ4v) is 0. The Balaban J connectivity index is 3.26. The third-order valence-electron chi connectivity index (χ3n) is 0.813. The first-order chi connectivity index (χ1) is 2.64. The minimum atomic E-state index is 0.213. The molecule has 1 nitrogen and oxygen atoms in total. The molecule has 0 amide bonds. The predicted molar refractivity (Wildman–Crippen MR) is 28.4 cm³/mol. The molecule has 0 bridgehead atoms. The van der Waals surface area contributed by atoms with Crippen molar-refractivity contribution in [1.82, 2.24) is 0 Å². The topological polar surface area (TPSA) is 17.1 Å². The average Bonchev–Trinajstić information content (AvgIpc) is 1.36. The molecule has 0 spiro atoms. The number of hydrogen-bond acceptors (Lipinski definition) is 1. The molecule has 2 heteroatoms. The van der Waals surface area contributed by atoms with E-state index in [0.717, 1.165) is 0 Å². The molecule has 0 unspecified atom stereocenters. The number of carbonyl (C=O) groups excluding carboxylic acids is 1. The molecule has 0 aromatic carbocycles. The second-order valence-electron chi connectivity index (χ2n) is 1.77. The highest BCUT2D eigenvalue weighted by Gasteiger charge is 1.94. The third-order valence-corrected chi connectivity index (χ3v) is 0.813. The molecule has 0 heterocycles. The van der Waals surface area contributed by atoms with Crippen LogP contribution in [-0.2, 0) is 4.79 Å². The van der Waals surface area contributed by atoms with Crippen LogP contribution < -0.4 is 0 Å². The average molecular weight is 83.9 g/mol. The van der Waals surface area contributed by atoms with Gasteiger partial charge in [-0.05, 0) is 0 Å². The third kappa shape index (κ3) is 2.00. The molecule has 0 rings (SSSR count). The predicted octanol–water partition coefficient (Wildman–Crippen LogP) is -0.198. The largest absolute Gasteiger partial charge is 0.312 e. The molecule has 0 aromatic heterocycles. The molecule has 0 radical (unpaired) electrons. The monoisotopic (exact) mass is 84.1 g/mol. The highest BCUT2D eigenvalue weighted by atomic mass is 16.1. The molecule has 0 saturated heterocycles. The molecule has 0 N–H and O–H groups in total. The summed E-state index contributed by atoms with van der Waals surface area (Å²) >= 11 is 0. The van der Waals surface area contributed by atoms with Gasteiger partial charge in [-0.25, -0.2) is 0 Å². The number of carbonyl (C=O) groups is 1. The van der Waals surface area contributed by atoms with Crippen molar-refractivity contribution in [2.45, 2.75) is 13.8 Å². The van der Waals surface area contributed by atoms with Gasteiger partial charge in [0.25, 0.3) is 0 Å². The Morgan fingerprint density at radius 2 is 1.83 bits per heavy atom. The zero-order chi connectivity index (χ0) is 5.15. The van der Waals surface area contributed by atoms with E-state index in [9.17, 15) is 4.79 Å². The van der Waals surface area contributed by atoms with Crippen LogP contribution in [0.4, 0.5) is 0 Å². The molecule has 6 heavy (non-hydrogen) atoms. The van der Waals surface area contributed by atoms with E-state index in [-0.39, 0.29) is 11.6 Å². The summed E-state index contributed by atoms with van der Waals surface area (Å²) < 4.78 is 0. The lowest BCUT2D eigenvalue weighted by Gasteiger charge is -1.91. The summed E-state index contributed by atoms with van der Waals surface area (Å²) in [5.41, 5.74) is 0.259. The maximum Gasteiger partial charge on any atom is 0.187 e. The lowest BCUT2D eigenvalue weighted by Crippen LogP contribution is -2.04. The molecule has 0 aliphatic heterocycles. The maximum atomic E-state index is 10.1.